The van der Waals surface area contributed by atoms with Crippen molar-refractivity contribution in [1.82, 2.24) is 0 Å². The molecular weight excluding hydrogens is 741 g/mol. The molecular formula is C34H28N2O13S3. The zero-order chi connectivity index (χ0) is 38.0. The molecule has 5 rings (SSSR count). The number of carboxylic acid groups (broad SMARTS) is 1. The van der Waals surface area contributed by atoms with Crippen molar-refractivity contribution in [3.8, 4) is 34.1 Å². The summed E-state index contributed by atoms with van der Waals surface area (Å²) in [6.07, 6.45) is 0.934. The van der Waals surface area contributed by atoms with Crippen molar-refractivity contribution in [2.24, 2.45) is 0 Å². The monoisotopic (exact) mass is 768 g/mol. The molecule has 15 nitrogen and oxygen atoms in total. The highest BCUT2D eigenvalue weighted by Gasteiger charge is 2.22. The third kappa shape index (κ3) is 8.26. The summed E-state index contributed by atoms with van der Waals surface area (Å²) < 4.78 is 91.0. The van der Waals surface area contributed by atoms with Crippen molar-refractivity contribution >= 4 is 53.2 Å². The Morgan fingerprint density at radius 2 is 1.12 bits per heavy atom. The van der Waals surface area contributed by atoms with Gasteiger partial charge in [-0.2, -0.15) is 0 Å². The Balaban J connectivity index is 1.32. The Labute approximate surface area is 297 Å². The molecule has 0 aliphatic carbocycles. The second kappa shape index (κ2) is 14.3. The van der Waals surface area contributed by atoms with Gasteiger partial charge in [-0.05, 0) is 77.9 Å². The van der Waals surface area contributed by atoms with E-state index >= 15 is 0 Å². The third-order valence-electron chi connectivity index (χ3n) is 7.34. The van der Waals surface area contributed by atoms with E-state index in [0.29, 0.717) is 11.1 Å². The van der Waals surface area contributed by atoms with Crippen molar-refractivity contribution in [3.05, 3.63) is 114 Å². The highest BCUT2D eigenvalue weighted by atomic mass is 32.2. The number of nitrogens with one attached hydrogen (secondary N) is 2. The number of anilines is 2. The molecule has 18 heteroatoms. The van der Waals surface area contributed by atoms with Crippen molar-refractivity contribution in [2.45, 2.75) is 14.7 Å². The zero-order valence-corrected chi connectivity index (χ0v) is 29.4. The molecule has 0 heterocycles. The van der Waals surface area contributed by atoms with Crippen molar-refractivity contribution in [3.63, 3.8) is 0 Å². The van der Waals surface area contributed by atoms with Crippen LogP contribution in [0.1, 0.15) is 20.7 Å². The highest BCUT2D eigenvalue weighted by molar-refractivity contribution is 7.93. The highest BCUT2D eigenvalue weighted by Crippen LogP contribution is 2.35. The average Bonchev–Trinajstić information content (AvgIpc) is 3.07. The van der Waals surface area contributed by atoms with Crippen LogP contribution < -0.4 is 18.9 Å². The summed E-state index contributed by atoms with van der Waals surface area (Å²) in [6, 6.07) is 21.3. The summed E-state index contributed by atoms with van der Waals surface area (Å²) >= 11 is 0. The Morgan fingerprint density at radius 1 is 0.596 bits per heavy atom. The number of sulfonamides is 2. The minimum absolute atomic E-state index is 0.0615. The van der Waals surface area contributed by atoms with Gasteiger partial charge in [0.2, 0.25) is 0 Å². The number of rotatable bonds is 12. The first-order chi connectivity index (χ1) is 24.4. The van der Waals surface area contributed by atoms with Gasteiger partial charge in [0.05, 0.1) is 33.2 Å². The number of phenols is 2. The van der Waals surface area contributed by atoms with E-state index in [1.54, 1.807) is 6.07 Å². The van der Waals surface area contributed by atoms with Crippen LogP contribution in [0, 0.1) is 0 Å². The number of methoxy groups -OCH3 is 1. The predicted octanol–water partition coefficient (Wildman–Crippen LogP) is 4.70. The molecule has 52 heavy (non-hydrogen) atoms. The SMILES string of the molecule is COc1cc(-c2cccc(S(=O)(=O)Nc3ccc(C(=O)O)c(O)c3)c2)ccc1OC(=O)c1ccc(NS(=O)(=O)c2cccc(S(C)(=O)=O)c2)cc1O. The van der Waals surface area contributed by atoms with Gasteiger partial charge in [0, 0.05) is 18.4 Å². The van der Waals surface area contributed by atoms with Crippen LogP contribution in [-0.2, 0) is 29.9 Å². The minimum Gasteiger partial charge on any atom is -0.507 e. The van der Waals surface area contributed by atoms with Gasteiger partial charge in [-0.25, -0.2) is 34.8 Å². The molecule has 0 radical (unpaired) electrons. The first kappa shape index (κ1) is 37.2. The van der Waals surface area contributed by atoms with Crippen LogP contribution in [-0.4, -0.2) is 65.9 Å². The van der Waals surface area contributed by atoms with Crippen LogP contribution in [0.15, 0.2) is 118 Å². The van der Waals surface area contributed by atoms with Gasteiger partial charge < -0.3 is 24.8 Å². The van der Waals surface area contributed by atoms with Gasteiger partial charge in [-0.1, -0.05) is 24.3 Å². The van der Waals surface area contributed by atoms with Gasteiger partial charge in [0.1, 0.15) is 22.6 Å². The third-order valence-corrected chi connectivity index (χ3v) is 11.2. The lowest BCUT2D eigenvalue weighted by Gasteiger charge is -2.14. The maximum absolute atomic E-state index is 13.1. The number of esters is 1. The lowest BCUT2D eigenvalue weighted by atomic mass is 10.1. The normalized spacial score (nSPS) is 11.7. The number of ether oxygens (including phenoxy) is 2. The molecule has 5 N–H and O–H groups in total. The number of phenolic OH excluding ortho intramolecular Hbond substituents is 1. The molecule has 5 aromatic carbocycles. The summed E-state index contributed by atoms with van der Waals surface area (Å²) in [5.74, 6) is -3.68. The van der Waals surface area contributed by atoms with Crippen LogP contribution in [0.25, 0.3) is 11.1 Å². The Hall–Kier alpha value is -6.11. The quantitative estimate of drug-likeness (QED) is 0.0856. The molecule has 0 aliphatic rings. The number of sulfone groups is 1. The maximum atomic E-state index is 13.1. The summed E-state index contributed by atoms with van der Waals surface area (Å²) in [7, 11) is -10.9. The Morgan fingerprint density at radius 3 is 1.65 bits per heavy atom. The van der Waals surface area contributed by atoms with Crippen LogP contribution in [0.4, 0.5) is 11.4 Å². The second-order valence-corrected chi connectivity index (χ2v) is 16.4. The topological polar surface area (TPSA) is 240 Å². The fraction of sp³-hybridized carbons (Fsp3) is 0.0588. The summed E-state index contributed by atoms with van der Waals surface area (Å²) in [5, 5.41) is 29.6. The van der Waals surface area contributed by atoms with Crippen LogP contribution >= 0.6 is 0 Å². The number of carboxylic acids is 1. The molecule has 0 bridgehead atoms. The number of hydrogen-bond donors (Lipinski definition) is 5. The molecule has 0 amide bonds. The van der Waals surface area contributed by atoms with E-state index in [4.69, 9.17) is 14.6 Å². The predicted molar refractivity (Wildman–Crippen MR) is 188 cm³/mol. The molecule has 270 valence electrons. The smallest absolute Gasteiger partial charge is 0.347 e. The molecule has 0 fully saturated rings. The summed E-state index contributed by atoms with van der Waals surface area (Å²) in [5.41, 5.74) is -0.0547. The van der Waals surface area contributed by atoms with Gasteiger partial charge in [-0.3, -0.25) is 9.44 Å². The van der Waals surface area contributed by atoms with Crippen molar-refractivity contribution in [1.29, 1.82) is 0 Å². The van der Waals surface area contributed by atoms with Gasteiger partial charge >= 0.3 is 11.9 Å². The van der Waals surface area contributed by atoms with E-state index in [1.807, 2.05) is 0 Å². The maximum Gasteiger partial charge on any atom is 0.347 e. The number of hydrogen-bond acceptors (Lipinski definition) is 12. The first-order valence-electron chi connectivity index (χ1n) is 14.6. The van der Waals surface area contributed by atoms with E-state index in [9.17, 15) is 45.1 Å². The van der Waals surface area contributed by atoms with Crippen LogP contribution in [0.3, 0.4) is 0 Å². The van der Waals surface area contributed by atoms with E-state index < -0.39 is 58.9 Å². The molecule has 0 saturated heterocycles. The standard InChI is InChI=1S/C34H28N2O13S3/c1-48-32-16-21(20-5-3-7-25(15-20)51(44,45)35-22-10-12-27(33(39)40)29(37)17-22)9-14-31(32)49-34(41)28-13-11-23(18-30(28)38)36-52(46,47)26-8-4-6-24(19-26)50(2,42)43/h3-19,35-38H,1-2H3,(H,39,40). The zero-order valence-electron chi connectivity index (χ0n) is 27.0. The summed E-state index contributed by atoms with van der Waals surface area (Å²) in [4.78, 5) is 23.5. The fourth-order valence-corrected chi connectivity index (χ4v) is 7.70. The lowest BCUT2D eigenvalue weighted by Crippen LogP contribution is -2.14. The summed E-state index contributed by atoms with van der Waals surface area (Å²) in [6.45, 7) is 0. The molecule has 0 saturated carbocycles. The lowest BCUT2D eigenvalue weighted by molar-refractivity contribution is 0.0690. The molecule has 0 aliphatic heterocycles. The minimum atomic E-state index is -4.28. The number of aromatic carboxylic acids is 1. The van der Waals surface area contributed by atoms with Gasteiger partial charge in [0.25, 0.3) is 20.0 Å². The van der Waals surface area contributed by atoms with Crippen LogP contribution in [0.5, 0.6) is 23.0 Å². The second-order valence-electron chi connectivity index (χ2n) is 11.0. The molecule has 0 spiro atoms. The number of aromatic hydroxyl groups is 2. The van der Waals surface area contributed by atoms with E-state index in [2.05, 4.69) is 9.44 Å². The van der Waals surface area contributed by atoms with Crippen LogP contribution in [0.2, 0.25) is 0 Å². The average molecular weight is 769 g/mol. The van der Waals surface area contributed by atoms with Gasteiger partial charge in [0.15, 0.2) is 21.3 Å². The largest absolute Gasteiger partial charge is 0.507 e. The van der Waals surface area contributed by atoms with E-state index in [1.165, 1.54) is 73.8 Å². The number of carbonyl (C=O) groups excluding carboxylic acids is 1. The Kier molecular flexibility index (Phi) is 10.2. The fourth-order valence-electron chi connectivity index (χ4n) is 4.77. The molecule has 0 atom stereocenters. The molecule has 5 aromatic rings. The number of carbonyl (C=O) groups is 2. The van der Waals surface area contributed by atoms with E-state index in [-0.39, 0.29) is 43.1 Å². The molecule has 0 unspecified atom stereocenters. The molecule has 0 aromatic heterocycles. The number of benzene rings is 5. The van der Waals surface area contributed by atoms with Gasteiger partial charge in [-0.15, -0.1) is 0 Å². The Bertz CT molecular complexity index is 2570. The van der Waals surface area contributed by atoms with E-state index in [0.717, 1.165) is 36.6 Å². The van der Waals surface area contributed by atoms with Crippen molar-refractivity contribution in [2.75, 3.05) is 22.8 Å². The van der Waals surface area contributed by atoms with Crippen molar-refractivity contribution < 1.29 is 59.6 Å². The first-order valence-corrected chi connectivity index (χ1v) is 19.5.